The molecule has 5 nitrogen and oxygen atoms in total. The minimum atomic E-state index is -4.09. The van der Waals surface area contributed by atoms with Gasteiger partial charge in [-0.1, -0.05) is 39.0 Å². The third-order valence-corrected chi connectivity index (χ3v) is 5.29. The molecule has 0 bridgehead atoms. The Morgan fingerprint density at radius 1 is 1.09 bits per heavy atom. The van der Waals surface area contributed by atoms with Crippen molar-refractivity contribution in [2.45, 2.75) is 71.3 Å². The number of hydrogen-bond donors (Lipinski definition) is 2. The van der Waals surface area contributed by atoms with Crippen LogP contribution in [0.2, 0.25) is 0 Å². The Balaban J connectivity index is 0. The maximum absolute atomic E-state index is 11.8. The van der Waals surface area contributed by atoms with Crippen LogP contribution in [-0.4, -0.2) is 71.2 Å². The summed E-state index contributed by atoms with van der Waals surface area (Å²) in [5.41, 5.74) is -0.950. The first-order valence-electron chi connectivity index (χ1n) is 8.00. The van der Waals surface area contributed by atoms with Crippen molar-refractivity contribution in [2.24, 2.45) is 0 Å². The molecule has 0 saturated carbocycles. The summed E-state index contributed by atoms with van der Waals surface area (Å²) in [5, 5.41) is 2.65. The van der Waals surface area contributed by atoms with Crippen molar-refractivity contribution in [1.29, 1.82) is 0 Å². The zero-order valence-corrected chi connectivity index (χ0v) is 15.7. The third-order valence-electron chi connectivity index (χ3n) is 3.14. The standard InChI is InChI=1S/C15H31NO4S2.Na.H/c1-4-5-6-7-8-9-11-21-12-10-14(17)16-15(2,3)13-22(18,19)20;;/h4-13H2,1-3H3,(H,16,17)(H,18,19,20);;. The number of unbranched alkanes of at least 4 members (excludes halogenated alkanes) is 5. The van der Waals surface area contributed by atoms with Crippen molar-refractivity contribution >= 4 is 57.3 Å². The molecule has 0 aliphatic heterocycles. The second-order valence-electron chi connectivity index (χ2n) is 6.29. The molecule has 23 heavy (non-hydrogen) atoms. The first-order chi connectivity index (χ1) is 10.2. The van der Waals surface area contributed by atoms with Gasteiger partial charge in [0.2, 0.25) is 5.91 Å². The Hall–Kier alpha value is 0.730. The van der Waals surface area contributed by atoms with Crippen LogP contribution in [0.25, 0.3) is 0 Å². The van der Waals surface area contributed by atoms with Gasteiger partial charge in [0.05, 0.1) is 11.3 Å². The maximum atomic E-state index is 11.8. The molecule has 0 rings (SSSR count). The van der Waals surface area contributed by atoms with Crippen LogP contribution in [0.3, 0.4) is 0 Å². The van der Waals surface area contributed by atoms with Crippen molar-refractivity contribution in [1.82, 2.24) is 5.32 Å². The molecule has 0 aromatic rings. The van der Waals surface area contributed by atoms with Crippen molar-refractivity contribution in [3.05, 3.63) is 0 Å². The van der Waals surface area contributed by atoms with E-state index in [1.165, 1.54) is 38.5 Å². The van der Waals surface area contributed by atoms with E-state index in [0.29, 0.717) is 6.42 Å². The average Bonchev–Trinajstić information content (AvgIpc) is 2.33. The number of hydrogen-bond acceptors (Lipinski definition) is 4. The first kappa shape index (κ1) is 26.0. The molecule has 134 valence electrons. The molecule has 0 heterocycles. The topological polar surface area (TPSA) is 83.5 Å². The molecular weight excluding hydrogens is 345 g/mol. The van der Waals surface area contributed by atoms with Crippen LogP contribution < -0.4 is 5.32 Å². The Morgan fingerprint density at radius 3 is 2.22 bits per heavy atom. The van der Waals surface area contributed by atoms with Crippen molar-refractivity contribution < 1.29 is 17.8 Å². The number of carbonyl (C=O) groups excluding carboxylic acids is 1. The molecule has 0 aromatic carbocycles. The summed E-state index contributed by atoms with van der Waals surface area (Å²) in [5.74, 6) is 1.15. The predicted octanol–water partition coefficient (Wildman–Crippen LogP) is 2.60. The molecule has 0 aromatic heterocycles. The van der Waals surface area contributed by atoms with E-state index in [1.54, 1.807) is 25.6 Å². The van der Waals surface area contributed by atoms with Gasteiger partial charge in [-0.2, -0.15) is 20.2 Å². The summed E-state index contributed by atoms with van der Waals surface area (Å²) in [6.07, 6.45) is 7.98. The molecule has 0 saturated heterocycles. The zero-order chi connectivity index (χ0) is 17.1. The SMILES string of the molecule is CCCCCCCCSCCC(=O)NC(C)(C)CS(=O)(=O)O.[NaH]. The van der Waals surface area contributed by atoms with Crippen LogP contribution in [-0.2, 0) is 14.9 Å². The molecule has 0 aliphatic carbocycles. The monoisotopic (exact) mass is 377 g/mol. The van der Waals surface area contributed by atoms with Crippen LogP contribution in [0.4, 0.5) is 0 Å². The molecule has 0 fully saturated rings. The number of nitrogens with one attached hydrogen (secondary N) is 1. The fourth-order valence-electron chi connectivity index (χ4n) is 2.18. The summed E-state index contributed by atoms with van der Waals surface area (Å²) in [6.45, 7) is 5.38. The average molecular weight is 378 g/mol. The van der Waals surface area contributed by atoms with Gasteiger partial charge in [0.15, 0.2) is 0 Å². The predicted molar refractivity (Wildman–Crippen MR) is 101 cm³/mol. The van der Waals surface area contributed by atoms with Gasteiger partial charge in [0.25, 0.3) is 10.1 Å². The summed E-state index contributed by atoms with van der Waals surface area (Å²) in [4.78, 5) is 11.8. The van der Waals surface area contributed by atoms with E-state index in [9.17, 15) is 13.2 Å². The molecule has 0 unspecified atom stereocenters. The van der Waals surface area contributed by atoms with Gasteiger partial charge < -0.3 is 5.32 Å². The van der Waals surface area contributed by atoms with Crippen LogP contribution >= 0.6 is 11.8 Å². The van der Waals surface area contributed by atoms with Gasteiger partial charge in [0, 0.05) is 12.2 Å². The van der Waals surface area contributed by atoms with Crippen molar-refractivity contribution in [2.75, 3.05) is 17.3 Å². The number of carbonyl (C=O) groups is 1. The molecular formula is C15H32NNaO4S2. The van der Waals surface area contributed by atoms with Gasteiger partial charge in [-0.25, -0.2) is 0 Å². The van der Waals surface area contributed by atoms with Gasteiger partial charge in [-0.05, 0) is 26.0 Å². The fourth-order valence-corrected chi connectivity index (χ4v) is 4.11. The summed E-state index contributed by atoms with van der Waals surface area (Å²) in [7, 11) is -4.09. The second-order valence-corrected chi connectivity index (χ2v) is 8.97. The van der Waals surface area contributed by atoms with E-state index in [-0.39, 0.29) is 35.5 Å². The van der Waals surface area contributed by atoms with Gasteiger partial charge in [-0.15, -0.1) is 0 Å². The van der Waals surface area contributed by atoms with Gasteiger partial charge >= 0.3 is 29.6 Å². The molecule has 1 amide bonds. The van der Waals surface area contributed by atoms with Crippen LogP contribution in [0.5, 0.6) is 0 Å². The van der Waals surface area contributed by atoms with E-state index >= 15 is 0 Å². The summed E-state index contributed by atoms with van der Waals surface area (Å²) < 4.78 is 30.5. The number of amides is 1. The molecule has 0 aliphatic rings. The molecule has 2 N–H and O–H groups in total. The quantitative estimate of drug-likeness (QED) is 0.293. The van der Waals surface area contributed by atoms with Gasteiger partial charge in [-0.3, -0.25) is 9.35 Å². The van der Waals surface area contributed by atoms with E-state index in [2.05, 4.69) is 12.2 Å². The zero-order valence-electron chi connectivity index (χ0n) is 14.1. The molecule has 0 radical (unpaired) electrons. The van der Waals surface area contributed by atoms with Gasteiger partial charge in [0.1, 0.15) is 0 Å². The number of rotatable bonds is 13. The van der Waals surface area contributed by atoms with E-state index < -0.39 is 21.4 Å². The Bertz CT molecular complexity index is 414. The Labute approximate surface area is 168 Å². The minimum absolute atomic E-state index is 0. The number of thioether (sulfide) groups is 1. The molecule has 8 heteroatoms. The Morgan fingerprint density at radius 2 is 1.65 bits per heavy atom. The summed E-state index contributed by atoms with van der Waals surface area (Å²) >= 11 is 1.76. The summed E-state index contributed by atoms with van der Waals surface area (Å²) in [6, 6.07) is 0. The second kappa shape index (κ2) is 14.0. The fraction of sp³-hybridized carbons (Fsp3) is 0.933. The van der Waals surface area contributed by atoms with Crippen LogP contribution in [0.15, 0.2) is 0 Å². The van der Waals surface area contributed by atoms with E-state index in [1.807, 2.05) is 0 Å². The van der Waals surface area contributed by atoms with Crippen LogP contribution in [0, 0.1) is 0 Å². The van der Waals surface area contributed by atoms with Crippen molar-refractivity contribution in [3.8, 4) is 0 Å². The van der Waals surface area contributed by atoms with Crippen molar-refractivity contribution in [3.63, 3.8) is 0 Å². The molecule has 0 spiro atoms. The van der Waals surface area contributed by atoms with Crippen LogP contribution in [0.1, 0.15) is 65.7 Å². The Kier molecular flexibility index (Phi) is 15.8. The molecule has 0 atom stereocenters. The normalized spacial score (nSPS) is 11.8. The van der Waals surface area contributed by atoms with E-state index in [0.717, 1.165) is 11.5 Å². The first-order valence-corrected chi connectivity index (χ1v) is 10.8. The third kappa shape index (κ3) is 18.9. The van der Waals surface area contributed by atoms with E-state index in [4.69, 9.17) is 4.55 Å².